The molecule has 0 unspecified atom stereocenters. The van der Waals surface area contributed by atoms with Crippen LogP contribution in [-0.2, 0) is 16.0 Å². The minimum absolute atomic E-state index is 0.0396. The summed E-state index contributed by atoms with van der Waals surface area (Å²) in [7, 11) is 0. The standard InChI is InChI=1S/C13H21N3O3/c1-4-5-9-6-10(16-15-9)14-11(17)7-13(2,3)8-12(18)19/h6H,4-5,7-8H2,1-3H3,(H,18,19)(H2,14,15,16,17). The molecule has 1 heterocycles. The van der Waals surface area contributed by atoms with Crippen molar-refractivity contribution in [3.8, 4) is 0 Å². The van der Waals surface area contributed by atoms with Crippen LogP contribution in [0.4, 0.5) is 5.82 Å². The van der Waals surface area contributed by atoms with Gasteiger partial charge in [0.15, 0.2) is 5.82 Å². The number of aryl methyl sites for hydroxylation is 1. The fraction of sp³-hybridized carbons (Fsp3) is 0.615. The van der Waals surface area contributed by atoms with Gasteiger partial charge in [0.2, 0.25) is 5.91 Å². The van der Waals surface area contributed by atoms with Crippen molar-refractivity contribution in [2.24, 2.45) is 5.41 Å². The van der Waals surface area contributed by atoms with Gasteiger partial charge >= 0.3 is 5.97 Å². The van der Waals surface area contributed by atoms with Gasteiger partial charge in [0.25, 0.3) is 0 Å². The number of nitrogens with zero attached hydrogens (tertiary/aromatic N) is 1. The van der Waals surface area contributed by atoms with Gasteiger partial charge in [0.05, 0.1) is 6.42 Å². The van der Waals surface area contributed by atoms with E-state index in [2.05, 4.69) is 22.4 Å². The van der Waals surface area contributed by atoms with Gasteiger partial charge in [-0.1, -0.05) is 27.2 Å². The minimum atomic E-state index is -0.900. The molecule has 0 radical (unpaired) electrons. The van der Waals surface area contributed by atoms with Gasteiger partial charge < -0.3 is 10.4 Å². The number of hydrogen-bond donors (Lipinski definition) is 3. The fourth-order valence-electron chi connectivity index (χ4n) is 1.92. The number of aromatic amines is 1. The normalized spacial score (nSPS) is 11.3. The van der Waals surface area contributed by atoms with Crippen molar-refractivity contribution < 1.29 is 14.7 Å². The maximum atomic E-state index is 11.8. The van der Waals surface area contributed by atoms with Crippen molar-refractivity contribution >= 4 is 17.7 Å². The molecule has 6 nitrogen and oxygen atoms in total. The lowest BCUT2D eigenvalue weighted by Gasteiger charge is -2.20. The summed E-state index contributed by atoms with van der Waals surface area (Å²) in [5, 5.41) is 18.3. The summed E-state index contributed by atoms with van der Waals surface area (Å²) < 4.78 is 0. The second-order valence-electron chi connectivity index (χ2n) is 5.49. The summed E-state index contributed by atoms with van der Waals surface area (Å²) in [6.45, 7) is 5.58. The van der Waals surface area contributed by atoms with E-state index in [0.29, 0.717) is 5.82 Å². The third-order valence-electron chi connectivity index (χ3n) is 2.69. The zero-order valence-electron chi connectivity index (χ0n) is 11.6. The Kier molecular flexibility index (Phi) is 5.09. The van der Waals surface area contributed by atoms with Crippen molar-refractivity contribution in [3.05, 3.63) is 11.8 Å². The zero-order valence-corrected chi connectivity index (χ0v) is 11.6. The maximum absolute atomic E-state index is 11.8. The molecule has 1 aromatic rings. The Bertz CT molecular complexity index is 452. The summed E-state index contributed by atoms with van der Waals surface area (Å²) in [5.74, 6) is -0.636. The van der Waals surface area contributed by atoms with E-state index in [0.717, 1.165) is 18.5 Å². The van der Waals surface area contributed by atoms with E-state index in [4.69, 9.17) is 5.11 Å². The van der Waals surface area contributed by atoms with Gasteiger partial charge in [-0.15, -0.1) is 0 Å². The highest BCUT2D eigenvalue weighted by Crippen LogP contribution is 2.25. The van der Waals surface area contributed by atoms with Crippen molar-refractivity contribution in [2.45, 2.75) is 46.5 Å². The lowest BCUT2D eigenvalue weighted by Crippen LogP contribution is -2.24. The summed E-state index contributed by atoms with van der Waals surface area (Å²) in [6, 6.07) is 1.80. The Morgan fingerprint density at radius 3 is 2.68 bits per heavy atom. The summed E-state index contributed by atoms with van der Waals surface area (Å²) in [5.41, 5.74) is 0.404. The van der Waals surface area contributed by atoms with Crippen LogP contribution in [0.2, 0.25) is 0 Å². The van der Waals surface area contributed by atoms with E-state index >= 15 is 0 Å². The molecule has 19 heavy (non-hydrogen) atoms. The van der Waals surface area contributed by atoms with Crippen molar-refractivity contribution in [1.82, 2.24) is 10.2 Å². The number of amides is 1. The molecule has 1 rings (SSSR count). The number of rotatable bonds is 7. The number of hydrogen-bond acceptors (Lipinski definition) is 3. The van der Waals surface area contributed by atoms with Crippen LogP contribution < -0.4 is 5.32 Å². The minimum Gasteiger partial charge on any atom is -0.481 e. The van der Waals surface area contributed by atoms with Crippen LogP contribution in [0.15, 0.2) is 6.07 Å². The molecule has 0 atom stereocenters. The highest BCUT2D eigenvalue weighted by Gasteiger charge is 2.25. The number of carbonyl (C=O) groups excluding carboxylic acids is 1. The first kappa shape index (κ1) is 15.2. The number of carbonyl (C=O) groups is 2. The number of carboxylic acids is 1. The molecular formula is C13H21N3O3. The molecular weight excluding hydrogens is 246 g/mol. The van der Waals surface area contributed by atoms with Gasteiger partial charge in [-0.25, -0.2) is 0 Å². The molecule has 3 N–H and O–H groups in total. The topological polar surface area (TPSA) is 95.1 Å². The van der Waals surface area contributed by atoms with E-state index in [1.54, 1.807) is 19.9 Å². The number of anilines is 1. The van der Waals surface area contributed by atoms with Crippen LogP contribution in [0.5, 0.6) is 0 Å². The van der Waals surface area contributed by atoms with E-state index < -0.39 is 11.4 Å². The van der Waals surface area contributed by atoms with Crippen LogP contribution in [0.25, 0.3) is 0 Å². The molecule has 0 aliphatic rings. The Balaban J connectivity index is 2.52. The first-order valence-corrected chi connectivity index (χ1v) is 6.38. The Morgan fingerprint density at radius 1 is 1.42 bits per heavy atom. The lowest BCUT2D eigenvalue weighted by molar-refractivity contribution is -0.139. The van der Waals surface area contributed by atoms with Crippen molar-refractivity contribution in [3.63, 3.8) is 0 Å². The molecule has 6 heteroatoms. The van der Waals surface area contributed by atoms with Crippen LogP contribution in [0.3, 0.4) is 0 Å². The van der Waals surface area contributed by atoms with Gasteiger partial charge in [0, 0.05) is 18.2 Å². The molecule has 0 aliphatic carbocycles. The molecule has 106 valence electrons. The predicted octanol–water partition coefficient (Wildman–Crippen LogP) is 2.19. The summed E-state index contributed by atoms with van der Waals surface area (Å²) in [4.78, 5) is 22.5. The number of aliphatic carboxylic acids is 1. The SMILES string of the molecule is CCCc1cc(NC(=O)CC(C)(C)CC(=O)O)n[nH]1. The van der Waals surface area contributed by atoms with Crippen LogP contribution in [-0.4, -0.2) is 27.2 Å². The Labute approximate surface area is 112 Å². The molecule has 0 aromatic carbocycles. The quantitative estimate of drug-likeness (QED) is 0.705. The molecule has 0 aliphatic heterocycles. The average Bonchev–Trinajstić information content (AvgIpc) is 2.62. The second-order valence-corrected chi connectivity index (χ2v) is 5.49. The van der Waals surface area contributed by atoms with Gasteiger partial charge in [-0.3, -0.25) is 14.7 Å². The number of nitrogens with one attached hydrogen (secondary N) is 2. The highest BCUT2D eigenvalue weighted by molar-refractivity contribution is 5.90. The smallest absolute Gasteiger partial charge is 0.303 e. The number of H-pyrrole nitrogens is 1. The van der Waals surface area contributed by atoms with E-state index in [1.807, 2.05) is 0 Å². The lowest BCUT2D eigenvalue weighted by atomic mass is 9.85. The molecule has 0 saturated heterocycles. The van der Waals surface area contributed by atoms with Crippen LogP contribution in [0.1, 0.15) is 45.7 Å². The summed E-state index contributed by atoms with van der Waals surface area (Å²) in [6.07, 6.45) is 1.99. The molecule has 1 aromatic heterocycles. The van der Waals surface area contributed by atoms with Crippen molar-refractivity contribution in [1.29, 1.82) is 0 Å². The highest BCUT2D eigenvalue weighted by atomic mass is 16.4. The van der Waals surface area contributed by atoms with Gasteiger partial charge in [0.1, 0.15) is 0 Å². The maximum Gasteiger partial charge on any atom is 0.303 e. The molecule has 0 bridgehead atoms. The molecule has 0 fully saturated rings. The van der Waals surface area contributed by atoms with Crippen LogP contribution >= 0.6 is 0 Å². The van der Waals surface area contributed by atoms with E-state index in [9.17, 15) is 9.59 Å². The van der Waals surface area contributed by atoms with Crippen molar-refractivity contribution in [2.75, 3.05) is 5.32 Å². The number of aromatic nitrogens is 2. The zero-order chi connectivity index (χ0) is 14.5. The van der Waals surface area contributed by atoms with Crippen LogP contribution in [0, 0.1) is 5.41 Å². The third-order valence-corrected chi connectivity index (χ3v) is 2.69. The molecule has 0 saturated carbocycles. The van der Waals surface area contributed by atoms with Gasteiger partial charge in [-0.05, 0) is 11.8 Å². The molecule has 1 amide bonds. The largest absolute Gasteiger partial charge is 0.481 e. The van der Waals surface area contributed by atoms with E-state index in [1.165, 1.54) is 0 Å². The monoisotopic (exact) mass is 267 g/mol. The predicted molar refractivity (Wildman–Crippen MR) is 71.9 cm³/mol. The summed E-state index contributed by atoms with van der Waals surface area (Å²) >= 11 is 0. The molecule has 0 spiro atoms. The first-order valence-electron chi connectivity index (χ1n) is 6.38. The number of carboxylic acid groups (broad SMARTS) is 1. The third kappa shape index (κ3) is 5.54. The van der Waals surface area contributed by atoms with E-state index in [-0.39, 0.29) is 18.7 Å². The second kappa shape index (κ2) is 6.36. The fourth-order valence-corrected chi connectivity index (χ4v) is 1.92. The Morgan fingerprint density at radius 2 is 2.11 bits per heavy atom. The average molecular weight is 267 g/mol. The van der Waals surface area contributed by atoms with Gasteiger partial charge in [-0.2, -0.15) is 5.10 Å². The first-order chi connectivity index (χ1) is 8.82. The Hall–Kier alpha value is -1.85.